The maximum Gasteiger partial charge on any atom is 0.534 e. The van der Waals surface area contributed by atoms with Crippen LogP contribution < -0.4 is 4.18 Å². The molecule has 0 saturated heterocycles. The summed E-state index contributed by atoms with van der Waals surface area (Å²) in [6.45, 7) is 0. The lowest BCUT2D eigenvalue weighted by Crippen LogP contribution is -2.28. The Morgan fingerprint density at radius 1 is 1.10 bits per heavy atom. The van der Waals surface area contributed by atoms with Gasteiger partial charge in [0.25, 0.3) is 0 Å². The van der Waals surface area contributed by atoms with E-state index in [0.717, 1.165) is 12.3 Å². The van der Waals surface area contributed by atoms with Crippen molar-refractivity contribution in [1.29, 1.82) is 0 Å². The van der Waals surface area contributed by atoms with Crippen LogP contribution in [0.4, 0.5) is 13.2 Å². The lowest BCUT2D eigenvalue weighted by molar-refractivity contribution is -0.0500. The predicted octanol–water partition coefficient (Wildman–Crippen LogP) is 3.77. The van der Waals surface area contributed by atoms with Gasteiger partial charge in [-0.05, 0) is 18.2 Å². The lowest BCUT2D eigenvalue weighted by Gasteiger charge is -2.09. The quantitative estimate of drug-likeness (QED) is 0.614. The molecule has 108 valence electrons. The van der Waals surface area contributed by atoms with Gasteiger partial charge in [-0.1, -0.05) is 23.2 Å². The van der Waals surface area contributed by atoms with Gasteiger partial charge in [0.2, 0.25) is 0 Å². The van der Waals surface area contributed by atoms with Crippen LogP contribution in [0.3, 0.4) is 0 Å². The Labute approximate surface area is 121 Å². The number of alkyl halides is 3. The molecule has 0 amide bonds. The van der Waals surface area contributed by atoms with E-state index in [2.05, 4.69) is 9.17 Å². The Morgan fingerprint density at radius 3 is 2.30 bits per heavy atom. The Kier molecular flexibility index (Phi) is 3.74. The molecule has 1 aromatic heterocycles. The summed E-state index contributed by atoms with van der Waals surface area (Å²) in [5.74, 6) is -0.576. The van der Waals surface area contributed by atoms with Gasteiger partial charge in [0, 0.05) is 5.39 Å². The summed E-state index contributed by atoms with van der Waals surface area (Å²) < 4.78 is 62.2. The number of fused-ring (bicyclic) bond motifs is 1. The van der Waals surface area contributed by atoms with Crippen LogP contribution in [0, 0.1) is 0 Å². The average molecular weight is 346 g/mol. The van der Waals surface area contributed by atoms with Crippen molar-refractivity contribution in [2.24, 2.45) is 0 Å². The molecule has 0 aliphatic rings. The van der Waals surface area contributed by atoms with E-state index in [1.165, 1.54) is 12.1 Å². The van der Waals surface area contributed by atoms with Crippen LogP contribution in [0.25, 0.3) is 10.9 Å². The Balaban J connectivity index is 2.45. The van der Waals surface area contributed by atoms with E-state index in [4.69, 9.17) is 23.2 Å². The number of halogens is 5. The molecule has 0 fully saturated rings. The number of hydrogen-bond acceptors (Lipinski definition) is 4. The molecule has 0 atom stereocenters. The summed E-state index contributed by atoms with van der Waals surface area (Å²) in [6.07, 6.45) is 0.843. The van der Waals surface area contributed by atoms with Gasteiger partial charge in [-0.25, -0.2) is 0 Å². The molecule has 0 radical (unpaired) electrons. The van der Waals surface area contributed by atoms with Crippen molar-refractivity contribution < 1.29 is 25.8 Å². The van der Waals surface area contributed by atoms with Crippen LogP contribution in [-0.4, -0.2) is 18.9 Å². The fourth-order valence-corrected chi connectivity index (χ4v) is 2.09. The van der Waals surface area contributed by atoms with Crippen molar-refractivity contribution in [3.8, 4) is 5.75 Å². The zero-order valence-corrected chi connectivity index (χ0v) is 11.6. The summed E-state index contributed by atoms with van der Waals surface area (Å²) in [5.41, 5.74) is -5.18. The van der Waals surface area contributed by atoms with Crippen LogP contribution in [0.5, 0.6) is 5.75 Å². The highest BCUT2D eigenvalue weighted by molar-refractivity contribution is 7.88. The van der Waals surface area contributed by atoms with Gasteiger partial charge in [0.05, 0.1) is 21.8 Å². The Bertz CT molecular complexity index is 777. The molecular weight excluding hydrogens is 342 g/mol. The topological polar surface area (TPSA) is 56.3 Å². The molecule has 20 heavy (non-hydrogen) atoms. The third-order valence-electron chi connectivity index (χ3n) is 2.19. The second-order valence-electron chi connectivity index (χ2n) is 3.61. The van der Waals surface area contributed by atoms with Gasteiger partial charge in [-0.15, -0.1) is 0 Å². The Morgan fingerprint density at radius 2 is 1.70 bits per heavy atom. The highest BCUT2D eigenvalue weighted by atomic mass is 35.5. The minimum atomic E-state index is -5.74. The predicted molar refractivity (Wildman–Crippen MR) is 67.4 cm³/mol. The van der Waals surface area contributed by atoms with Gasteiger partial charge < -0.3 is 4.18 Å². The minimum Gasteiger partial charge on any atom is -0.374 e. The van der Waals surface area contributed by atoms with Crippen LogP contribution >= 0.6 is 23.2 Å². The molecule has 0 aliphatic heterocycles. The van der Waals surface area contributed by atoms with E-state index < -0.39 is 21.4 Å². The number of aromatic nitrogens is 1. The number of nitrogens with zero attached hydrogens (tertiary/aromatic N) is 1. The largest absolute Gasteiger partial charge is 0.534 e. The first kappa shape index (κ1) is 15.1. The van der Waals surface area contributed by atoms with Gasteiger partial charge in [-0.2, -0.15) is 21.6 Å². The zero-order valence-electron chi connectivity index (χ0n) is 9.28. The van der Waals surface area contributed by atoms with Crippen LogP contribution in [0.2, 0.25) is 10.0 Å². The molecule has 1 heterocycles. The molecule has 0 saturated carbocycles. The van der Waals surface area contributed by atoms with Crippen molar-refractivity contribution in [2.45, 2.75) is 5.51 Å². The summed E-state index contributed by atoms with van der Waals surface area (Å²) in [4.78, 5) is 3.75. The van der Waals surface area contributed by atoms with E-state index in [1.807, 2.05) is 0 Å². The molecule has 0 N–H and O–H groups in total. The highest BCUT2D eigenvalue weighted by Crippen LogP contribution is 2.31. The molecule has 0 aliphatic carbocycles. The second kappa shape index (κ2) is 4.94. The fourth-order valence-electron chi connectivity index (χ4n) is 1.32. The molecule has 4 nitrogen and oxygen atoms in total. The molecular formula is C10H4Cl2F3NO3S. The summed E-state index contributed by atoms with van der Waals surface area (Å²) >= 11 is 11.5. The van der Waals surface area contributed by atoms with E-state index in [-0.39, 0.29) is 15.4 Å². The van der Waals surface area contributed by atoms with E-state index in [9.17, 15) is 21.6 Å². The summed E-state index contributed by atoms with van der Waals surface area (Å²) in [6, 6.07) is 3.79. The standard InChI is InChI=1S/C10H4Cl2F3NO3S/c11-7-2-5-1-6(4-16-9(5)3-8(7)12)19-20(17,18)10(13,14)15/h1-4H. The minimum absolute atomic E-state index is 0.150. The van der Waals surface area contributed by atoms with E-state index >= 15 is 0 Å². The number of pyridine rings is 1. The van der Waals surface area contributed by atoms with E-state index in [1.54, 1.807) is 0 Å². The molecule has 0 unspecified atom stereocenters. The third-order valence-corrected chi connectivity index (χ3v) is 3.89. The summed E-state index contributed by atoms with van der Waals surface area (Å²) in [7, 11) is -5.74. The normalized spacial score (nSPS) is 12.7. The second-order valence-corrected chi connectivity index (χ2v) is 5.97. The van der Waals surface area contributed by atoms with Crippen molar-refractivity contribution in [1.82, 2.24) is 4.98 Å². The maximum absolute atomic E-state index is 12.2. The van der Waals surface area contributed by atoms with Gasteiger partial charge in [0.1, 0.15) is 0 Å². The van der Waals surface area contributed by atoms with Crippen LogP contribution in [0.15, 0.2) is 24.4 Å². The maximum atomic E-state index is 12.2. The molecule has 2 rings (SSSR count). The molecule has 1 aromatic carbocycles. The zero-order chi connectivity index (χ0) is 15.1. The number of hydrogen-bond donors (Lipinski definition) is 0. The number of rotatable bonds is 2. The molecule has 0 bridgehead atoms. The Hall–Kier alpha value is -1.25. The fraction of sp³-hybridized carbons (Fsp3) is 0.100. The van der Waals surface area contributed by atoms with Crippen molar-refractivity contribution in [3.05, 3.63) is 34.4 Å². The third kappa shape index (κ3) is 2.92. The smallest absolute Gasteiger partial charge is 0.374 e. The molecule has 0 spiro atoms. The first-order valence-electron chi connectivity index (χ1n) is 4.86. The average Bonchev–Trinajstić information content (AvgIpc) is 2.29. The monoisotopic (exact) mass is 345 g/mol. The first-order valence-corrected chi connectivity index (χ1v) is 7.02. The van der Waals surface area contributed by atoms with Crippen LogP contribution in [0.1, 0.15) is 0 Å². The first-order chi connectivity index (χ1) is 9.10. The van der Waals surface area contributed by atoms with Crippen LogP contribution in [-0.2, 0) is 10.1 Å². The number of benzene rings is 1. The van der Waals surface area contributed by atoms with Crippen molar-refractivity contribution in [2.75, 3.05) is 0 Å². The van der Waals surface area contributed by atoms with Gasteiger partial charge in [0.15, 0.2) is 5.75 Å². The van der Waals surface area contributed by atoms with Crippen molar-refractivity contribution >= 4 is 44.2 Å². The summed E-state index contributed by atoms with van der Waals surface area (Å²) in [5, 5.41) is 0.648. The van der Waals surface area contributed by atoms with Gasteiger partial charge in [-0.3, -0.25) is 4.98 Å². The lowest BCUT2D eigenvalue weighted by atomic mass is 10.2. The SMILES string of the molecule is O=S(=O)(Oc1cnc2cc(Cl)c(Cl)cc2c1)C(F)(F)F. The van der Waals surface area contributed by atoms with Crippen molar-refractivity contribution in [3.63, 3.8) is 0 Å². The highest BCUT2D eigenvalue weighted by Gasteiger charge is 2.48. The molecule has 10 heteroatoms. The molecule has 2 aromatic rings. The van der Waals surface area contributed by atoms with Gasteiger partial charge >= 0.3 is 15.6 Å². The van der Waals surface area contributed by atoms with E-state index in [0.29, 0.717) is 5.52 Å².